The molecule has 2 heterocycles. The van der Waals surface area contributed by atoms with Gasteiger partial charge in [0, 0.05) is 6.54 Å². The van der Waals surface area contributed by atoms with E-state index in [1.807, 2.05) is 18.2 Å². The van der Waals surface area contributed by atoms with Crippen LogP contribution in [-0.2, 0) is 23.3 Å². The first-order valence-electron chi connectivity index (χ1n) is 6.71. The van der Waals surface area contributed by atoms with Crippen molar-refractivity contribution in [1.82, 2.24) is 5.32 Å². The third-order valence-corrected chi connectivity index (χ3v) is 3.66. The van der Waals surface area contributed by atoms with E-state index in [1.165, 1.54) is 11.1 Å². The van der Waals surface area contributed by atoms with Gasteiger partial charge in [-0.1, -0.05) is 30.3 Å². The number of ether oxygens (including phenoxy) is 1. The highest BCUT2D eigenvalue weighted by Gasteiger charge is 2.35. The van der Waals surface area contributed by atoms with E-state index in [0.29, 0.717) is 13.2 Å². The van der Waals surface area contributed by atoms with Gasteiger partial charge in [-0.3, -0.25) is 0 Å². The lowest BCUT2D eigenvalue weighted by atomic mass is 9.91. The molecule has 3 nitrogen and oxygen atoms in total. The topological polar surface area (TPSA) is 34.4 Å². The van der Waals surface area contributed by atoms with Crippen molar-refractivity contribution in [1.29, 1.82) is 0 Å². The van der Waals surface area contributed by atoms with Crippen LogP contribution in [0, 0.1) is 0 Å². The molecule has 0 spiro atoms. The quantitative estimate of drug-likeness (QED) is 0.914. The van der Waals surface area contributed by atoms with E-state index < -0.39 is 0 Å². The van der Waals surface area contributed by atoms with Gasteiger partial charge in [-0.25, -0.2) is 0 Å². The van der Waals surface area contributed by atoms with E-state index in [4.69, 9.17) is 9.15 Å². The van der Waals surface area contributed by atoms with Gasteiger partial charge in [0.25, 0.3) is 0 Å². The zero-order valence-electron chi connectivity index (χ0n) is 11.2. The summed E-state index contributed by atoms with van der Waals surface area (Å²) in [5.41, 5.74) is 2.28. The van der Waals surface area contributed by atoms with Crippen LogP contribution in [0.2, 0.25) is 0 Å². The Hall–Kier alpha value is -1.58. The van der Waals surface area contributed by atoms with Crippen molar-refractivity contribution in [3.05, 3.63) is 59.5 Å². The van der Waals surface area contributed by atoms with E-state index in [-0.39, 0.29) is 5.54 Å². The molecule has 0 aliphatic carbocycles. The summed E-state index contributed by atoms with van der Waals surface area (Å²) in [5, 5.41) is 3.51. The van der Waals surface area contributed by atoms with E-state index in [0.717, 1.165) is 18.7 Å². The van der Waals surface area contributed by atoms with Crippen LogP contribution in [-0.4, -0.2) is 13.2 Å². The molecule has 0 bridgehead atoms. The van der Waals surface area contributed by atoms with Gasteiger partial charge < -0.3 is 14.5 Å². The molecule has 3 rings (SSSR count). The van der Waals surface area contributed by atoms with Crippen molar-refractivity contribution in [3.8, 4) is 0 Å². The third kappa shape index (κ3) is 2.57. The van der Waals surface area contributed by atoms with Crippen molar-refractivity contribution < 1.29 is 9.15 Å². The average Bonchev–Trinajstić information content (AvgIpc) is 2.90. The molecule has 19 heavy (non-hydrogen) atoms. The van der Waals surface area contributed by atoms with E-state index in [9.17, 15) is 0 Å². The average molecular weight is 257 g/mol. The molecule has 0 radical (unpaired) electrons. The number of hydrogen-bond acceptors (Lipinski definition) is 3. The number of fused-ring (bicyclic) bond motifs is 1. The summed E-state index contributed by atoms with van der Waals surface area (Å²) in [6, 6.07) is 12.3. The van der Waals surface area contributed by atoms with Crippen molar-refractivity contribution in [3.63, 3.8) is 0 Å². The first-order valence-corrected chi connectivity index (χ1v) is 6.71. The first kappa shape index (κ1) is 12.5. The molecule has 0 fully saturated rings. The minimum atomic E-state index is -0.216. The van der Waals surface area contributed by atoms with Gasteiger partial charge >= 0.3 is 0 Å². The summed E-state index contributed by atoms with van der Waals surface area (Å²) in [4.78, 5) is 0. The van der Waals surface area contributed by atoms with Gasteiger partial charge in [0.2, 0.25) is 0 Å². The molecule has 0 saturated carbocycles. The standard InChI is InChI=1S/C16H19NO2/c1-16(12-18-11-13-5-3-2-4-6-13)15-14(7-9-17-16)8-10-19-15/h2-6,8,10,17H,7,9,11-12H2,1H3. The second-order valence-electron chi connectivity index (χ2n) is 5.26. The molecule has 1 aromatic heterocycles. The van der Waals surface area contributed by atoms with Gasteiger partial charge in [0.1, 0.15) is 5.76 Å². The molecule has 1 atom stereocenters. The van der Waals surface area contributed by atoms with E-state index in [1.54, 1.807) is 6.26 Å². The zero-order chi connectivity index (χ0) is 13.1. The molecular weight excluding hydrogens is 238 g/mol. The number of benzene rings is 1. The Balaban J connectivity index is 1.64. The maximum atomic E-state index is 5.87. The molecule has 1 aliphatic heterocycles. The molecule has 3 heteroatoms. The molecule has 100 valence electrons. The Morgan fingerprint density at radius 1 is 1.26 bits per heavy atom. The third-order valence-electron chi connectivity index (χ3n) is 3.66. The van der Waals surface area contributed by atoms with Gasteiger partial charge in [-0.15, -0.1) is 0 Å². The SMILES string of the molecule is CC1(COCc2ccccc2)NCCc2ccoc21. The molecule has 1 aliphatic rings. The van der Waals surface area contributed by atoms with Gasteiger partial charge in [0.15, 0.2) is 0 Å². The molecule has 1 unspecified atom stereocenters. The molecular formula is C16H19NO2. The van der Waals surface area contributed by atoms with E-state index in [2.05, 4.69) is 30.4 Å². The monoisotopic (exact) mass is 257 g/mol. The van der Waals surface area contributed by atoms with Crippen LogP contribution in [0.15, 0.2) is 47.1 Å². The maximum Gasteiger partial charge on any atom is 0.129 e. The number of rotatable bonds is 4. The van der Waals surface area contributed by atoms with Crippen molar-refractivity contribution >= 4 is 0 Å². The van der Waals surface area contributed by atoms with Crippen LogP contribution in [0.4, 0.5) is 0 Å². The number of hydrogen-bond donors (Lipinski definition) is 1. The lowest BCUT2D eigenvalue weighted by Gasteiger charge is -2.33. The summed E-state index contributed by atoms with van der Waals surface area (Å²) in [5.74, 6) is 1.02. The highest BCUT2D eigenvalue weighted by atomic mass is 16.5. The minimum absolute atomic E-state index is 0.216. The summed E-state index contributed by atoms with van der Waals surface area (Å²) < 4.78 is 11.5. The van der Waals surface area contributed by atoms with E-state index >= 15 is 0 Å². The predicted molar refractivity (Wildman–Crippen MR) is 73.9 cm³/mol. The Kier molecular flexibility index (Phi) is 3.40. The summed E-state index contributed by atoms with van der Waals surface area (Å²) >= 11 is 0. The molecule has 1 N–H and O–H groups in total. The Morgan fingerprint density at radius 3 is 2.95 bits per heavy atom. The largest absolute Gasteiger partial charge is 0.467 e. The highest BCUT2D eigenvalue weighted by molar-refractivity contribution is 5.27. The van der Waals surface area contributed by atoms with Crippen LogP contribution in [0.25, 0.3) is 0 Å². The summed E-state index contributed by atoms with van der Waals surface area (Å²) in [6.07, 6.45) is 2.80. The Morgan fingerprint density at radius 2 is 2.11 bits per heavy atom. The molecule has 1 aromatic carbocycles. The van der Waals surface area contributed by atoms with Crippen LogP contribution in [0.3, 0.4) is 0 Å². The van der Waals surface area contributed by atoms with Crippen LogP contribution < -0.4 is 5.32 Å². The van der Waals surface area contributed by atoms with Crippen molar-refractivity contribution in [2.24, 2.45) is 0 Å². The second-order valence-corrected chi connectivity index (χ2v) is 5.26. The fraction of sp³-hybridized carbons (Fsp3) is 0.375. The van der Waals surface area contributed by atoms with Gasteiger partial charge in [-0.05, 0) is 30.5 Å². The smallest absolute Gasteiger partial charge is 0.129 e. The summed E-state index contributed by atoms with van der Waals surface area (Å²) in [6.45, 7) is 4.35. The maximum absolute atomic E-state index is 5.87. The Labute approximate surface area is 113 Å². The lowest BCUT2D eigenvalue weighted by molar-refractivity contribution is 0.0504. The minimum Gasteiger partial charge on any atom is -0.467 e. The van der Waals surface area contributed by atoms with Crippen LogP contribution in [0.1, 0.15) is 23.8 Å². The van der Waals surface area contributed by atoms with Crippen molar-refractivity contribution in [2.75, 3.05) is 13.2 Å². The normalized spacial score (nSPS) is 22.2. The zero-order valence-corrected chi connectivity index (χ0v) is 11.2. The second kappa shape index (κ2) is 5.19. The molecule has 2 aromatic rings. The molecule has 0 saturated heterocycles. The fourth-order valence-corrected chi connectivity index (χ4v) is 2.63. The van der Waals surface area contributed by atoms with Gasteiger partial charge in [-0.2, -0.15) is 0 Å². The van der Waals surface area contributed by atoms with Crippen LogP contribution >= 0.6 is 0 Å². The fourth-order valence-electron chi connectivity index (χ4n) is 2.63. The first-order chi connectivity index (χ1) is 9.28. The molecule has 0 amide bonds. The summed E-state index contributed by atoms with van der Waals surface area (Å²) in [7, 11) is 0. The van der Waals surface area contributed by atoms with Gasteiger partial charge in [0.05, 0.1) is 25.0 Å². The lowest BCUT2D eigenvalue weighted by Crippen LogP contribution is -2.47. The van der Waals surface area contributed by atoms with Crippen LogP contribution in [0.5, 0.6) is 0 Å². The highest BCUT2D eigenvalue weighted by Crippen LogP contribution is 2.29. The predicted octanol–water partition coefficient (Wildman–Crippen LogP) is 2.86. The number of furan rings is 1. The van der Waals surface area contributed by atoms with Crippen molar-refractivity contribution in [2.45, 2.75) is 25.5 Å². The number of nitrogens with one attached hydrogen (secondary N) is 1. The Bertz CT molecular complexity index is 535.